The normalized spacial score (nSPS) is 12.0. The minimum absolute atomic E-state index is 0.00789. The number of hydrogen-bond acceptors (Lipinski definition) is 4. The summed E-state index contributed by atoms with van der Waals surface area (Å²) in [5.41, 5.74) is 1.17. The summed E-state index contributed by atoms with van der Waals surface area (Å²) in [6, 6.07) is 22.7. The van der Waals surface area contributed by atoms with Crippen molar-refractivity contribution in [2.75, 3.05) is 17.4 Å². The molecule has 3 aromatic rings. The minimum atomic E-state index is -4.11. The Hall–Kier alpha value is -3.36. The molecule has 0 heterocycles. The number of carbonyl (C=O) groups excluding carboxylic acids is 2. The lowest BCUT2D eigenvalue weighted by Gasteiger charge is -2.32. The number of benzene rings is 3. The second-order valence-electron chi connectivity index (χ2n) is 8.63. The van der Waals surface area contributed by atoms with Gasteiger partial charge in [0.05, 0.1) is 10.6 Å². The third kappa shape index (κ3) is 7.57. The van der Waals surface area contributed by atoms with Gasteiger partial charge in [-0.15, -0.1) is 0 Å². The van der Waals surface area contributed by atoms with Gasteiger partial charge in [0.2, 0.25) is 11.8 Å². The Kier molecular flexibility index (Phi) is 10.1. The number of carbonyl (C=O) groups is 2. The molecule has 0 spiro atoms. The number of nitrogens with zero attached hydrogens (tertiary/aromatic N) is 2. The highest BCUT2D eigenvalue weighted by atomic mass is 35.5. The molecule has 196 valence electrons. The monoisotopic (exact) mass is 541 g/mol. The lowest BCUT2D eigenvalue weighted by atomic mass is 10.1. The quantitative estimate of drug-likeness (QED) is 0.331. The van der Waals surface area contributed by atoms with E-state index in [1.165, 1.54) is 29.2 Å². The second-order valence-corrected chi connectivity index (χ2v) is 10.9. The molecule has 37 heavy (non-hydrogen) atoms. The van der Waals surface area contributed by atoms with Crippen LogP contribution in [0, 0.1) is 0 Å². The van der Waals surface area contributed by atoms with Crippen LogP contribution in [0.5, 0.6) is 0 Å². The molecule has 0 unspecified atom stereocenters. The Balaban J connectivity index is 1.95. The Labute approximate surface area is 224 Å². The average Bonchev–Trinajstić information content (AvgIpc) is 2.91. The molecule has 0 radical (unpaired) electrons. The summed E-state index contributed by atoms with van der Waals surface area (Å²) in [5, 5.41) is 3.27. The molecule has 7 nitrogen and oxygen atoms in total. The van der Waals surface area contributed by atoms with Gasteiger partial charge in [0.25, 0.3) is 10.0 Å². The summed E-state index contributed by atoms with van der Waals surface area (Å²) in [4.78, 5) is 28.1. The Morgan fingerprint density at radius 1 is 0.919 bits per heavy atom. The minimum Gasteiger partial charge on any atom is -0.354 e. The van der Waals surface area contributed by atoms with Crippen molar-refractivity contribution in [1.82, 2.24) is 10.2 Å². The highest BCUT2D eigenvalue weighted by Gasteiger charge is 2.32. The van der Waals surface area contributed by atoms with Crippen LogP contribution in [-0.4, -0.2) is 44.3 Å². The van der Waals surface area contributed by atoms with Crippen molar-refractivity contribution in [3.8, 4) is 0 Å². The van der Waals surface area contributed by atoms with E-state index in [0.29, 0.717) is 17.3 Å². The second kappa shape index (κ2) is 13.3. The Bertz CT molecular complexity index is 1270. The smallest absolute Gasteiger partial charge is 0.264 e. The molecule has 1 atom stereocenters. The van der Waals surface area contributed by atoms with Gasteiger partial charge >= 0.3 is 0 Å². The largest absolute Gasteiger partial charge is 0.354 e. The van der Waals surface area contributed by atoms with Crippen LogP contribution in [0.15, 0.2) is 89.8 Å². The molecule has 3 rings (SSSR count). The van der Waals surface area contributed by atoms with E-state index in [2.05, 4.69) is 5.32 Å². The molecule has 0 aromatic heterocycles. The first-order chi connectivity index (χ1) is 17.7. The average molecular weight is 542 g/mol. The molecule has 1 N–H and O–H groups in total. The zero-order valence-corrected chi connectivity index (χ0v) is 22.6. The van der Waals surface area contributed by atoms with Gasteiger partial charge in [-0.25, -0.2) is 8.42 Å². The predicted molar refractivity (Wildman–Crippen MR) is 147 cm³/mol. The van der Waals surface area contributed by atoms with E-state index in [9.17, 15) is 18.0 Å². The highest BCUT2D eigenvalue weighted by Crippen LogP contribution is 2.25. The molecule has 9 heteroatoms. The van der Waals surface area contributed by atoms with Crippen molar-refractivity contribution in [2.24, 2.45) is 0 Å². The molecular weight excluding hydrogens is 510 g/mol. The SMILES string of the molecule is CCCCNC(=O)[C@H](C)N(Cc1ccccc1)C(=O)CN(c1ccccc1)S(=O)(=O)c1ccc(Cl)cc1. The predicted octanol–water partition coefficient (Wildman–Crippen LogP) is 4.87. The van der Waals surface area contributed by atoms with E-state index < -0.39 is 28.5 Å². The zero-order valence-electron chi connectivity index (χ0n) is 21.0. The van der Waals surface area contributed by atoms with E-state index in [0.717, 1.165) is 22.7 Å². The summed E-state index contributed by atoms with van der Waals surface area (Å²) in [7, 11) is -4.11. The molecule has 0 saturated carbocycles. The van der Waals surface area contributed by atoms with Crippen LogP contribution in [0.2, 0.25) is 5.02 Å². The van der Waals surface area contributed by atoms with Crippen LogP contribution in [0.1, 0.15) is 32.3 Å². The Morgan fingerprint density at radius 3 is 2.11 bits per heavy atom. The standard InChI is InChI=1S/C28H32ClN3O4S/c1-3-4-19-30-28(34)22(2)31(20-23-11-7-5-8-12-23)27(33)21-32(25-13-9-6-10-14-25)37(35,36)26-17-15-24(29)16-18-26/h5-18,22H,3-4,19-21H2,1-2H3,(H,30,34)/t22-/m0/s1. The number of hydrogen-bond donors (Lipinski definition) is 1. The van der Waals surface area contributed by atoms with Gasteiger partial charge in [-0.1, -0.05) is 73.5 Å². The number of para-hydroxylation sites is 1. The molecule has 3 aromatic carbocycles. The van der Waals surface area contributed by atoms with E-state index in [4.69, 9.17) is 11.6 Å². The van der Waals surface area contributed by atoms with Crippen molar-refractivity contribution in [3.05, 3.63) is 95.5 Å². The number of rotatable bonds is 12. The van der Waals surface area contributed by atoms with E-state index >= 15 is 0 Å². The maximum absolute atomic E-state index is 13.8. The first-order valence-corrected chi connectivity index (χ1v) is 14.0. The summed E-state index contributed by atoms with van der Waals surface area (Å²) >= 11 is 5.96. The Morgan fingerprint density at radius 2 is 1.51 bits per heavy atom. The van der Waals surface area contributed by atoms with E-state index in [-0.39, 0.29) is 17.3 Å². The molecule has 0 bridgehead atoms. The van der Waals surface area contributed by atoms with Crippen LogP contribution in [0.3, 0.4) is 0 Å². The summed E-state index contributed by atoms with van der Waals surface area (Å²) in [6.07, 6.45) is 1.75. The van der Waals surface area contributed by atoms with E-state index in [1.807, 2.05) is 37.3 Å². The van der Waals surface area contributed by atoms with Gasteiger partial charge < -0.3 is 10.2 Å². The topological polar surface area (TPSA) is 86.8 Å². The molecule has 0 aliphatic carbocycles. The first-order valence-electron chi connectivity index (χ1n) is 12.2. The molecule has 0 aliphatic heterocycles. The fourth-order valence-electron chi connectivity index (χ4n) is 3.76. The van der Waals surface area contributed by atoms with Crippen LogP contribution in [0.4, 0.5) is 5.69 Å². The summed E-state index contributed by atoms with van der Waals surface area (Å²) in [6.45, 7) is 3.87. The fraction of sp³-hybridized carbons (Fsp3) is 0.286. The number of amides is 2. The molecule has 0 aliphatic rings. The van der Waals surface area contributed by atoms with Crippen LogP contribution in [0.25, 0.3) is 0 Å². The number of unbranched alkanes of at least 4 members (excludes halogenated alkanes) is 1. The summed E-state index contributed by atoms with van der Waals surface area (Å²) < 4.78 is 28.4. The molecule has 0 fully saturated rings. The number of halogens is 1. The van der Waals surface area contributed by atoms with Gasteiger partial charge in [0.1, 0.15) is 12.6 Å². The lowest BCUT2D eigenvalue weighted by Crippen LogP contribution is -2.51. The molecule has 2 amide bonds. The van der Waals surface area contributed by atoms with Crippen molar-refractivity contribution >= 4 is 39.1 Å². The number of nitrogens with one attached hydrogen (secondary N) is 1. The lowest BCUT2D eigenvalue weighted by molar-refractivity contribution is -0.139. The van der Waals surface area contributed by atoms with Crippen molar-refractivity contribution in [2.45, 2.75) is 44.2 Å². The van der Waals surface area contributed by atoms with Gasteiger partial charge in [-0.05, 0) is 55.3 Å². The number of anilines is 1. The number of sulfonamides is 1. The van der Waals surface area contributed by atoms with Crippen molar-refractivity contribution in [3.63, 3.8) is 0 Å². The van der Waals surface area contributed by atoms with Gasteiger partial charge in [-0.2, -0.15) is 0 Å². The van der Waals surface area contributed by atoms with Gasteiger partial charge in [-0.3, -0.25) is 13.9 Å². The molecule has 0 saturated heterocycles. The maximum atomic E-state index is 13.8. The van der Waals surface area contributed by atoms with Crippen molar-refractivity contribution in [1.29, 1.82) is 0 Å². The molecular formula is C28H32ClN3O4S. The maximum Gasteiger partial charge on any atom is 0.264 e. The zero-order chi connectivity index (χ0) is 26.8. The third-order valence-electron chi connectivity index (χ3n) is 5.92. The first kappa shape index (κ1) is 28.2. The van der Waals surface area contributed by atoms with Crippen LogP contribution >= 0.6 is 11.6 Å². The third-order valence-corrected chi connectivity index (χ3v) is 7.96. The van der Waals surface area contributed by atoms with Gasteiger partial charge in [0, 0.05) is 18.1 Å². The highest BCUT2D eigenvalue weighted by molar-refractivity contribution is 7.92. The van der Waals surface area contributed by atoms with Crippen LogP contribution in [-0.2, 0) is 26.2 Å². The van der Waals surface area contributed by atoms with E-state index in [1.54, 1.807) is 37.3 Å². The fourth-order valence-corrected chi connectivity index (χ4v) is 5.30. The van der Waals surface area contributed by atoms with Crippen molar-refractivity contribution < 1.29 is 18.0 Å². The van der Waals surface area contributed by atoms with Crippen LogP contribution < -0.4 is 9.62 Å². The van der Waals surface area contributed by atoms with Gasteiger partial charge in [0.15, 0.2) is 0 Å². The summed E-state index contributed by atoms with van der Waals surface area (Å²) in [5.74, 6) is -0.784.